The van der Waals surface area contributed by atoms with Crippen LogP contribution >= 0.6 is 0 Å². The van der Waals surface area contributed by atoms with E-state index in [9.17, 15) is 4.79 Å². The molecule has 3 atom stereocenters. The Morgan fingerprint density at radius 1 is 1.50 bits per heavy atom. The zero-order valence-corrected chi connectivity index (χ0v) is 8.79. The lowest BCUT2D eigenvalue weighted by atomic mass is 9.87. The van der Waals surface area contributed by atoms with Crippen LogP contribution in [0.15, 0.2) is 0 Å². The minimum atomic E-state index is -0.0266. The summed E-state index contributed by atoms with van der Waals surface area (Å²) in [5.74, 6) is 0.513. The number of ether oxygens (including phenoxy) is 1. The van der Waals surface area contributed by atoms with E-state index in [1.807, 2.05) is 6.92 Å². The maximum absolute atomic E-state index is 11.7. The van der Waals surface area contributed by atoms with E-state index in [-0.39, 0.29) is 12.0 Å². The second-order valence-corrected chi connectivity index (χ2v) is 4.44. The Labute approximate surface area is 85.2 Å². The van der Waals surface area contributed by atoms with Gasteiger partial charge in [0.05, 0.1) is 6.61 Å². The van der Waals surface area contributed by atoms with Gasteiger partial charge in [-0.2, -0.15) is 0 Å². The molecule has 2 aliphatic rings. The van der Waals surface area contributed by atoms with Crippen molar-refractivity contribution in [1.29, 1.82) is 0 Å². The minimum Gasteiger partial charge on any atom is -0.465 e. The quantitative estimate of drug-likeness (QED) is 0.696. The number of hydrogen-bond acceptors (Lipinski definition) is 3. The van der Waals surface area contributed by atoms with Crippen molar-refractivity contribution >= 4 is 5.97 Å². The van der Waals surface area contributed by atoms with Crippen LogP contribution in [0, 0.1) is 5.92 Å². The molecule has 1 saturated heterocycles. The molecule has 0 aromatic heterocycles. The Kier molecular flexibility index (Phi) is 3.06. The molecule has 1 heterocycles. The molecule has 80 valence electrons. The summed E-state index contributed by atoms with van der Waals surface area (Å²) in [5.41, 5.74) is 0. The van der Waals surface area contributed by atoms with Crippen LogP contribution in [-0.2, 0) is 9.53 Å². The molecule has 14 heavy (non-hydrogen) atoms. The minimum absolute atomic E-state index is 0.00551. The van der Waals surface area contributed by atoms with Crippen LogP contribution in [0.3, 0.4) is 0 Å². The Morgan fingerprint density at radius 3 is 3.07 bits per heavy atom. The van der Waals surface area contributed by atoms with Crippen LogP contribution in [0.1, 0.15) is 39.0 Å². The van der Waals surface area contributed by atoms with Gasteiger partial charge in [-0.1, -0.05) is 13.3 Å². The number of nitrogens with one attached hydrogen (secondary N) is 1. The van der Waals surface area contributed by atoms with E-state index >= 15 is 0 Å². The van der Waals surface area contributed by atoms with Crippen LogP contribution in [0.25, 0.3) is 0 Å². The highest BCUT2D eigenvalue weighted by atomic mass is 16.5. The van der Waals surface area contributed by atoms with Crippen molar-refractivity contribution in [2.24, 2.45) is 5.92 Å². The maximum atomic E-state index is 11.7. The average molecular weight is 197 g/mol. The van der Waals surface area contributed by atoms with Gasteiger partial charge in [0.2, 0.25) is 0 Å². The van der Waals surface area contributed by atoms with Crippen molar-refractivity contribution in [1.82, 2.24) is 5.32 Å². The summed E-state index contributed by atoms with van der Waals surface area (Å²) in [7, 11) is 0. The van der Waals surface area contributed by atoms with Gasteiger partial charge in [-0.25, -0.2) is 0 Å². The van der Waals surface area contributed by atoms with Crippen molar-refractivity contribution in [2.45, 2.75) is 51.1 Å². The van der Waals surface area contributed by atoms with Crippen LogP contribution in [-0.4, -0.2) is 24.7 Å². The topological polar surface area (TPSA) is 38.3 Å². The number of hydrogen-bond donors (Lipinski definition) is 1. The van der Waals surface area contributed by atoms with Crippen LogP contribution in [0.2, 0.25) is 0 Å². The molecule has 1 aliphatic heterocycles. The molecule has 1 aliphatic carbocycles. The summed E-state index contributed by atoms with van der Waals surface area (Å²) in [5, 5.41) is 3.39. The van der Waals surface area contributed by atoms with Gasteiger partial charge in [-0.3, -0.25) is 4.79 Å². The van der Waals surface area contributed by atoms with E-state index < -0.39 is 0 Å². The fourth-order valence-corrected chi connectivity index (χ4v) is 2.62. The summed E-state index contributed by atoms with van der Waals surface area (Å²) in [6.07, 6.45) is 5.77. The monoisotopic (exact) mass is 197 g/mol. The summed E-state index contributed by atoms with van der Waals surface area (Å²) in [4.78, 5) is 11.7. The van der Waals surface area contributed by atoms with Gasteiger partial charge in [0.25, 0.3) is 0 Å². The second-order valence-electron chi connectivity index (χ2n) is 4.44. The predicted molar refractivity (Wildman–Crippen MR) is 53.9 cm³/mol. The second kappa shape index (κ2) is 4.30. The van der Waals surface area contributed by atoms with Gasteiger partial charge in [-0.15, -0.1) is 0 Å². The molecule has 2 unspecified atom stereocenters. The Morgan fingerprint density at radius 2 is 2.36 bits per heavy atom. The normalized spacial score (nSPS) is 35.6. The molecule has 0 aromatic carbocycles. The van der Waals surface area contributed by atoms with E-state index in [4.69, 9.17) is 4.74 Å². The highest BCUT2D eigenvalue weighted by Gasteiger charge is 2.40. The third kappa shape index (κ3) is 1.92. The molecule has 0 aromatic rings. The molecule has 3 heteroatoms. The third-order valence-electron chi connectivity index (χ3n) is 3.30. The lowest BCUT2D eigenvalue weighted by molar-refractivity contribution is -0.146. The van der Waals surface area contributed by atoms with Crippen LogP contribution in [0.5, 0.6) is 0 Å². The molecular formula is C11H19NO2. The zero-order chi connectivity index (χ0) is 9.97. The molecule has 2 rings (SSSR count). The fraction of sp³-hybridized carbons (Fsp3) is 0.909. The number of fused-ring (bicyclic) bond motifs is 2. The summed E-state index contributed by atoms with van der Waals surface area (Å²) < 4.78 is 5.18. The largest absolute Gasteiger partial charge is 0.465 e. The zero-order valence-electron chi connectivity index (χ0n) is 8.79. The first kappa shape index (κ1) is 9.97. The van der Waals surface area contributed by atoms with E-state index in [0.717, 1.165) is 6.42 Å². The number of carbonyl (C=O) groups excluding carboxylic acids is 1. The van der Waals surface area contributed by atoms with E-state index in [0.29, 0.717) is 18.6 Å². The molecule has 2 bridgehead atoms. The summed E-state index contributed by atoms with van der Waals surface area (Å²) >= 11 is 0. The Balaban J connectivity index is 1.88. The lowest BCUT2D eigenvalue weighted by Crippen LogP contribution is -2.38. The number of rotatable bonds is 3. The first-order chi connectivity index (χ1) is 6.81. The Hall–Kier alpha value is -0.570. The fourth-order valence-electron chi connectivity index (χ4n) is 2.62. The maximum Gasteiger partial charge on any atom is 0.323 e. The molecule has 3 nitrogen and oxygen atoms in total. The molecule has 1 N–H and O–H groups in total. The number of carbonyl (C=O) groups is 1. The summed E-state index contributed by atoms with van der Waals surface area (Å²) in [6, 6.07) is 0.571. The van der Waals surface area contributed by atoms with Crippen LogP contribution < -0.4 is 5.32 Å². The van der Waals surface area contributed by atoms with Crippen molar-refractivity contribution in [3.63, 3.8) is 0 Å². The standard InChI is InChI=1S/C11H19NO2/c1-2-6-14-11(13)10-8-4-3-5-9(7-8)12-10/h8-10,12H,2-7H2,1H3/t8?,9?,10-/m0/s1. The first-order valence-electron chi connectivity index (χ1n) is 5.74. The third-order valence-corrected chi connectivity index (χ3v) is 3.30. The predicted octanol–water partition coefficient (Wildman–Crippen LogP) is 1.47. The van der Waals surface area contributed by atoms with Crippen molar-refractivity contribution < 1.29 is 9.53 Å². The van der Waals surface area contributed by atoms with E-state index in [1.54, 1.807) is 0 Å². The van der Waals surface area contributed by atoms with E-state index in [2.05, 4.69) is 5.32 Å². The summed E-state index contributed by atoms with van der Waals surface area (Å²) in [6.45, 7) is 2.59. The van der Waals surface area contributed by atoms with Gasteiger partial charge in [-0.05, 0) is 31.6 Å². The SMILES string of the molecule is CCCOC(=O)[C@H]1NC2CCCC1C2. The molecular weight excluding hydrogens is 178 g/mol. The highest BCUT2D eigenvalue weighted by Crippen LogP contribution is 2.33. The first-order valence-corrected chi connectivity index (χ1v) is 5.74. The molecule has 0 amide bonds. The van der Waals surface area contributed by atoms with Crippen molar-refractivity contribution in [2.75, 3.05) is 6.61 Å². The molecule has 2 fully saturated rings. The van der Waals surface area contributed by atoms with Crippen LogP contribution in [0.4, 0.5) is 0 Å². The van der Waals surface area contributed by atoms with E-state index in [1.165, 1.54) is 25.7 Å². The Bertz CT molecular complexity index is 217. The van der Waals surface area contributed by atoms with Gasteiger partial charge < -0.3 is 10.1 Å². The molecule has 0 radical (unpaired) electrons. The van der Waals surface area contributed by atoms with Crippen molar-refractivity contribution in [3.8, 4) is 0 Å². The van der Waals surface area contributed by atoms with Gasteiger partial charge in [0.1, 0.15) is 6.04 Å². The highest BCUT2D eigenvalue weighted by molar-refractivity contribution is 5.76. The molecule has 1 saturated carbocycles. The van der Waals surface area contributed by atoms with Gasteiger partial charge in [0, 0.05) is 6.04 Å². The average Bonchev–Trinajstić information content (AvgIpc) is 2.50. The van der Waals surface area contributed by atoms with Gasteiger partial charge in [0.15, 0.2) is 0 Å². The van der Waals surface area contributed by atoms with Gasteiger partial charge >= 0.3 is 5.97 Å². The molecule has 0 spiro atoms. The lowest BCUT2D eigenvalue weighted by Gasteiger charge is -2.18. The smallest absolute Gasteiger partial charge is 0.323 e. The van der Waals surface area contributed by atoms with Crippen molar-refractivity contribution in [3.05, 3.63) is 0 Å². The number of esters is 1.